The van der Waals surface area contributed by atoms with Crippen LogP contribution in [0.2, 0.25) is 0 Å². The molecule has 1 spiro atoms. The normalized spacial score (nSPS) is 31.0. The largest absolute Gasteiger partial charge is 0.493 e. The average Bonchev–Trinajstić information content (AvgIpc) is 3.36. The molecule has 1 aromatic rings. The van der Waals surface area contributed by atoms with Gasteiger partial charge in [0.15, 0.2) is 0 Å². The minimum Gasteiger partial charge on any atom is -0.493 e. The molecule has 0 radical (unpaired) electrons. The van der Waals surface area contributed by atoms with E-state index in [4.69, 9.17) is 10.5 Å². The van der Waals surface area contributed by atoms with Gasteiger partial charge in [-0.15, -0.1) is 0 Å². The van der Waals surface area contributed by atoms with Crippen LogP contribution in [0.15, 0.2) is 24.3 Å². The number of primary amides is 1. The fourth-order valence-corrected chi connectivity index (χ4v) is 3.56. The summed E-state index contributed by atoms with van der Waals surface area (Å²) in [6, 6.07) is 8.09. The van der Waals surface area contributed by atoms with Gasteiger partial charge in [0, 0.05) is 17.0 Å². The van der Waals surface area contributed by atoms with Crippen molar-refractivity contribution in [1.29, 1.82) is 0 Å². The molecule has 5 nitrogen and oxygen atoms in total. The molecule has 0 aromatic heterocycles. The second-order valence-electron chi connectivity index (χ2n) is 6.43. The maximum absolute atomic E-state index is 12.3. The summed E-state index contributed by atoms with van der Waals surface area (Å²) in [6.07, 6.45) is 2.97. The van der Waals surface area contributed by atoms with Gasteiger partial charge in [-0.1, -0.05) is 18.2 Å². The van der Waals surface area contributed by atoms with E-state index in [9.17, 15) is 9.59 Å². The summed E-state index contributed by atoms with van der Waals surface area (Å²) in [5.41, 5.74) is 5.58. The maximum Gasteiger partial charge on any atom is 0.235 e. The molecule has 1 aliphatic heterocycles. The van der Waals surface area contributed by atoms with Crippen LogP contribution in [0.4, 0.5) is 0 Å². The highest BCUT2D eigenvalue weighted by Crippen LogP contribution is 2.56. The van der Waals surface area contributed by atoms with Crippen molar-refractivity contribution < 1.29 is 14.3 Å². The highest BCUT2D eigenvalue weighted by Gasteiger charge is 2.62. The molecule has 0 unspecified atom stereocenters. The molecule has 2 aliphatic carbocycles. The molecular formula is C16H18N2O3. The van der Waals surface area contributed by atoms with Crippen molar-refractivity contribution in [3.05, 3.63) is 29.8 Å². The molecule has 0 saturated heterocycles. The third-order valence-corrected chi connectivity index (χ3v) is 5.27. The van der Waals surface area contributed by atoms with E-state index in [0.29, 0.717) is 19.4 Å². The van der Waals surface area contributed by atoms with Crippen LogP contribution in [0.3, 0.4) is 0 Å². The van der Waals surface area contributed by atoms with Gasteiger partial charge in [-0.25, -0.2) is 0 Å². The van der Waals surface area contributed by atoms with Crippen molar-refractivity contribution in [1.82, 2.24) is 5.32 Å². The van der Waals surface area contributed by atoms with Gasteiger partial charge in [-0.05, 0) is 31.7 Å². The van der Waals surface area contributed by atoms with Crippen molar-refractivity contribution in [2.75, 3.05) is 6.61 Å². The summed E-state index contributed by atoms with van der Waals surface area (Å²) in [7, 11) is 0. The van der Waals surface area contributed by atoms with Crippen LogP contribution in [0.5, 0.6) is 5.75 Å². The first kappa shape index (κ1) is 12.7. The predicted molar refractivity (Wildman–Crippen MR) is 75.6 cm³/mol. The van der Waals surface area contributed by atoms with Crippen LogP contribution in [0, 0.1) is 5.41 Å². The molecule has 2 fully saturated rings. The van der Waals surface area contributed by atoms with E-state index in [1.54, 1.807) is 0 Å². The van der Waals surface area contributed by atoms with Crippen molar-refractivity contribution in [2.24, 2.45) is 11.1 Å². The van der Waals surface area contributed by atoms with Crippen molar-refractivity contribution in [3.63, 3.8) is 0 Å². The lowest BCUT2D eigenvalue weighted by Gasteiger charge is -2.27. The first-order valence-electron chi connectivity index (χ1n) is 7.42. The molecule has 0 bridgehead atoms. The van der Waals surface area contributed by atoms with Gasteiger partial charge in [-0.3, -0.25) is 9.59 Å². The smallest absolute Gasteiger partial charge is 0.235 e. The first-order chi connectivity index (χ1) is 10.1. The summed E-state index contributed by atoms with van der Waals surface area (Å²) < 4.78 is 5.68. The Morgan fingerprint density at radius 2 is 2.00 bits per heavy atom. The number of para-hydroxylation sites is 1. The summed E-state index contributed by atoms with van der Waals surface area (Å²) >= 11 is 0. The number of fused-ring (bicyclic) bond motifs is 2. The van der Waals surface area contributed by atoms with Gasteiger partial charge in [-0.2, -0.15) is 0 Å². The number of ether oxygens (including phenoxy) is 1. The summed E-state index contributed by atoms with van der Waals surface area (Å²) in [4.78, 5) is 23.7. The van der Waals surface area contributed by atoms with Gasteiger partial charge in [0.25, 0.3) is 0 Å². The highest BCUT2D eigenvalue weighted by atomic mass is 16.5. The molecule has 3 N–H and O–H groups in total. The molecule has 110 valence electrons. The minimum absolute atomic E-state index is 0.0156. The van der Waals surface area contributed by atoms with Crippen LogP contribution in [-0.2, 0) is 15.0 Å². The van der Waals surface area contributed by atoms with Crippen LogP contribution in [0.1, 0.15) is 31.2 Å². The van der Waals surface area contributed by atoms with E-state index in [0.717, 1.165) is 18.6 Å². The van der Waals surface area contributed by atoms with Crippen LogP contribution < -0.4 is 15.8 Å². The molecule has 4 rings (SSSR count). The summed E-state index contributed by atoms with van der Waals surface area (Å²) in [5.74, 6) is 0.222. The Morgan fingerprint density at radius 1 is 1.24 bits per heavy atom. The van der Waals surface area contributed by atoms with Gasteiger partial charge in [0.2, 0.25) is 11.8 Å². The molecule has 1 heterocycles. The lowest BCUT2D eigenvalue weighted by atomic mass is 9.89. The van der Waals surface area contributed by atoms with Crippen LogP contribution in [0.25, 0.3) is 0 Å². The van der Waals surface area contributed by atoms with E-state index in [1.165, 1.54) is 5.56 Å². The average molecular weight is 286 g/mol. The van der Waals surface area contributed by atoms with Gasteiger partial charge in [0.1, 0.15) is 11.2 Å². The summed E-state index contributed by atoms with van der Waals surface area (Å²) in [6.45, 7) is 0.671. The van der Waals surface area contributed by atoms with E-state index in [2.05, 4.69) is 11.4 Å². The lowest BCUT2D eigenvalue weighted by Crippen LogP contribution is -2.43. The third kappa shape index (κ3) is 1.69. The standard InChI is InChI=1S/C16H18N2O3/c17-13(19)15(5-6-15)14(20)18-12-9-16(12)7-8-21-11-4-2-1-3-10(11)16/h1-4,12H,5-9H2,(H2,17,19)(H,18,20)/t12-,16+/m1/s1. The fourth-order valence-electron chi connectivity index (χ4n) is 3.56. The molecule has 2 amide bonds. The van der Waals surface area contributed by atoms with Crippen molar-refractivity contribution in [2.45, 2.75) is 37.1 Å². The first-order valence-corrected chi connectivity index (χ1v) is 7.42. The number of carbonyl (C=O) groups is 2. The number of carbonyl (C=O) groups excluding carboxylic acids is 2. The zero-order chi connectivity index (χ0) is 14.7. The maximum atomic E-state index is 12.3. The molecule has 2 atom stereocenters. The Morgan fingerprint density at radius 3 is 2.71 bits per heavy atom. The van der Waals surface area contributed by atoms with E-state index >= 15 is 0 Å². The van der Waals surface area contributed by atoms with E-state index in [1.807, 2.05) is 18.2 Å². The van der Waals surface area contributed by atoms with E-state index < -0.39 is 11.3 Å². The predicted octanol–water partition coefficient (Wildman–Crippen LogP) is 0.861. The lowest BCUT2D eigenvalue weighted by molar-refractivity contribution is -0.135. The Kier molecular flexibility index (Phi) is 2.41. The second kappa shape index (κ2) is 4.00. The highest BCUT2D eigenvalue weighted by molar-refractivity contribution is 6.07. The van der Waals surface area contributed by atoms with Gasteiger partial charge in [0.05, 0.1) is 6.61 Å². The Hall–Kier alpha value is -2.04. The topological polar surface area (TPSA) is 81.4 Å². The van der Waals surface area contributed by atoms with Crippen LogP contribution in [-0.4, -0.2) is 24.5 Å². The Balaban J connectivity index is 1.54. The third-order valence-electron chi connectivity index (χ3n) is 5.27. The van der Waals surface area contributed by atoms with E-state index in [-0.39, 0.29) is 17.4 Å². The Bertz CT molecular complexity index is 638. The SMILES string of the molecule is NC(=O)C1(C(=O)N[C@@H]2C[C@]23CCOc2ccccc23)CC1. The number of hydrogen-bond donors (Lipinski definition) is 2. The fraction of sp³-hybridized carbons (Fsp3) is 0.500. The molecule has 1 aromatic carbocycles. The number of amides is 2. The zero-order valence-corrected chi connectivity index (χ0v) is 11.7. The van der Waals surface area contributed by atoms with Crippen molar-refractivity contribution in [3.8, 4) is 5.75 Å². The molecular weight excluding hydrogens is 268 g/mol. The molecule has 2 saturated carbocycles. The quantitative estimate of drug-likeness (QED) is 0.809. The summed E-state index contributed by atoms with van der Waals surface area (Å²) in [5, 5.41) is 3.04. The van der Waals surface area contributed by atoms with Crippen molar-refractivity contribution >= 4 is 11.8 Å². The molecule has 21 heavy (non-hydrogen) atoms. The molecule has 5 heteroatoms. The zero-order valence-electron chi connectivity index (χ0n) is 11.7. The number of nitrogens with two attached hydrogens (primary N) is 1. The number of nitrogens with one attached hydrogen (secondary N) is 1. The minimum atomic E-state index is -0.936. The number of benzene rings is 1. The van der Waals surface area contributed by atoms with Gasteiger partial charge < -0.3 is 15.8 Å². The monoisotopic (exact) mass is 286 g/mol. The molecule has 3 aliphatic rings. The number of hydrogen-bond acceptors (Lipinski definition) is 3. The second-order valence-corrected chi connectivity index (χ2v) is 6.43. The van der Waals surface area contributed by atoms with Crippen LogP contribution >= 0.6 is 0 Å². The Labute approximate surface area is 122 Å². The van der Waals surface area contributed by atoms with Gasteiger partial charge >= 0.3 is 0 Å². The number of rotatable bonds is 3.